The van der Waals surface area contributed by atoms with Crippen LogP contribution in [0.1, 0.15) is 5.56 Å². The predicted molar refractivity (Wildman–Crippen MR) is 35.9 cm³/mol. The molecular formula is C7H3ClF3NaO. The van der Waals surface area contributed by atoms with Crippen molar-refractivity contribution in [2.24, 2.45) is 0 Å². The van der Waals surface area contributed by atoms with Crippen molar-refractivity contribution in [3.63, 3.8) is 0 Å². The summed E-state index contributed by atoms with van der Waals surface area (Å²) in [6, 6.07) is 2.11. The van der Waals surface area contributed by atoms with Crippen LogP contribution in [-0.4, -0.2) is 0 Å². The molecule has 0 radical (unpaired) electrons. The fraction of sp³-hybridized carbons (Fsp3) is 0.143. The minimum atomic E-state index is -4.45. The molecule has 1 aromatic rings. The Balaban J connectivity index is 0.00000144. The summed E-state index contributed by atoms with van der Waals surface area (Å²) in [6.07, 6.45) is -4.45. The fourth-order valence-corrected chi connectivity index (χ4v) is 0.858. The molecule has 0 N–H and O–H groups in total. The molecule has 0 fully saturated rings. The Morgan fingerprint density at radius 2 is 1.77 bits per heavy atom. The maximum Gasteiger partial charge on any atom is 1.00 e. The Bertz CT molecular complexity index is 300. The second-order valence-corrected chi connectivity index (χ2v) is 2.55. The van der Waals surface area contributed by atoms with Gasteiger partial charge in [-0.15, -0.1) is 0 Å². The van der Waals surface area contributed by atoms with E-state index in [9.17, 15) is 18.3 Å². The van der Waals surface area contributed by atoms with Crippen LogP contribution in [0.3, 0.4) is 0 Å². The third-order valence-electron chi connectivity index (χ3n) is 1.26. The second kappa shape index (κ2) is 4.55. The van der Waals surface area contributed by atoms with E-state index >= 15 is 0 Å². The van der Waals surface area contributed by atoms with Gasteiger partial charge in [0, 0.05) is 5.02 Å². The molecule has 1 aromatic carbocycles. The average Bonchev–Trinajstić information content (AvgIpc) is 1.92. The van der Waals surface area contributed by atoms with Gasteiger partial charge >= 0.3 is 35.7 Å². The summed E-state index contributed by atoms with van der Waals surface area (Å²) >= 11 is 5.21. The molecule has 0 spiro atoms. The Labute approximate surface area is 99.8 Å². The molecule has 66 valence electrons. The van der Waals surface area contributed by atoms with Crippen LogP contribution in [0.15, 0.2) is 18.2 Å². The Kier molecular flexibility index (Phi) is 4.59. The molecule has 1 rings (SSSR count). The van der Waals surface area contributed by atoms with Crippen molar-refractivity contribution >= 4 is 11.6 Å². The van der Waals surface area contributed by atoms with Crippen molar-refractivity contribution < 1.29 is 47.8 Å². The van der Waals surface area contributed by atoms with Gasteiger partial charge in [0.15, 0.2) is 0 Å². The molecule has 1 nitrogen and oxygen atoms in total. The first-order valence-corrected chi connectivity index (χ1v) is 3.33. The Hall–Kier alpha value is 0.100. The molecule has 0 heterocycles. The summed E-state index contributed by atoms with van der Waals surface area (Å²) in [5.74, 6) is -0.607. The number of rotatable bonds is 0. The topological polar surface area (TPSA) is 23.1 Å². The molecule has 0 unspecified atom stereocenters. The largest absolute Gasteiger partial charge is 1.00 e. The first-order chi connectivity index (χ1) is 5.41. The molecule has 0 aliphatic carbocycles. The van der Waals surface area contributed by atoms with Crippen molar-refractivity contribution in [1.29, 1.82) is 0 Å². The molecular weight excluding hydrogens is 216 g/mol. The monoisotopic (exact) mass is 218 g/mol. The van der Waals surface area contributed by atoms with Crippen LogP contribution in [-0.2, 0) is 6.18 Å². The number of hydrogen-bond donors (Lipinski definition) is 0. The maximum absolute atomic E-state index is 11.9. The van der Waals surface area contributed by atoms with Crippen molar-refractivity contribution in [3.05, 3.63) is 28.8 Å². The standard InChI is InChI=1S/C7H4ClF3O.Na/c8-5-3-4(7(9,10)11)1-2-6(5)12;/h1-3,12H;/q;+1/p-1. The van der Waals surface area contributed by atoms with E-state index in [-0.39, 0.29) is 29.6 Å². The molecule has 0 aromatic heterocycles. The predicted octanol–water partition coefficient (Wildman–Crippen LogP) is -0.564. The Morgan fingerprint density at radius 3 is 2.15 bits per heavy atom. The molecule has 0 aliphatic heterocycles. The molecule has 0 aliphatic rings. The van der Waals surface area contributed by atoms with Gasteiger partial charge in [-0.05, 0) is 6.07 Å². The minimum absolute atomic E-state index is 0. The molecule has 0 bridgehead atoms. The van der Waals surface area contributed by atoms with Crippen molar-refractivity contribution in [2.75, 3.05) is 0 Å². The van der Waals surface area contributed by atoms with Crippen molar-refractivity contribution in [1.82, 2.24) is 0 Å². The maximum atomic E-state index is 11.9. The summed E-state index contributed by atoms with van der Waals surface area (Å²) in [7, 11) is 0. The van der Waals surface area contributed by atoms with E-state index in [1.807, 2.05) is 0 Å². The van der Waals surface area contributed by atoms with Crippen LogP contribution in [0.5, 0.6) is 5.75 Å². The van der Waals surface area contributed by atoms with Crippen LogP contribution in [0.2, 0.25) is 5.02 Å². The molecule has 0 atom stereocenters. The summed E-state index contributed by atoms with van der Waals surface area (Å²) < 4.78 is 35.8. The number of halogens is 4. The third-order valence-corrected chi connectivity index (χ3v) is 1.55. The van der Waals surface area contributed by atoms with Gasteiger partial charge in [-0.25, -0.2) is 0 Å². The first-order valence-electron chi connectivity index (χ1n) is 2.95. The van der Waals surface area contributed by atoms with Gasteiger partial charge < -0.3 is 5.11 Å². The SMILES string of the molecule is [Na+].[O-]c1ccc(C(F)(F)F)cc1Cl. The fourth-order valence-electron chi connectivity index (χ4n) is 0.677. The van der Waals surface area contributed by atoms with E-state index in [4.69, 9.17) is 11.6 Å². The smallest absolute Gasteiger partial charge is 0.871 e. The zero-order valence-corrected chi connectivity index (χ0v) is 9.41. The number of hydrogen-bond acceptors (Lipinski definition) is 1. The normalized spacial score (nSPS) is 10.8. The number of alkyl halides is 3. The van der Waals surface area contributed by atoms with E-state index in [0.717, 1.165) is 6.07 Å². The van der Waals surface area contributed by atoms with E-state index in [1.54, 1.807) is 0 Å². The van der Waals surface area contributed by atoms with Crippen LogP contribution >= 0.6 is 11.6 Å². The van der Waals surface area contributed by atoms with Gasteiger partial charge in [-0.3, -0.25) is 0 Å². The molecule has 6 heteroatoms. The third kappa shape index (κ3) is 3.38. The Morgan fingerprint density at radius 1 is 1.23 bits per heavy atom. The zero-order chi connectivity index (χ0) is 9.35. The van der Waals surface area contributed by atoms with E-state index in [0.29, 0.717) is 12.1 Å². The minimum Gasteiger partial charge on any atom is -0.871 e. The number of benzene rings is 1. The zero-order valence-electron chi connectivity index (χ0n) is 6.65. The van der Waals surface area contributed by atoms with Gasteiger partial charge in [0.05, 0.1) is 5.56 Å². The van der Waals surface area contributed by atoms with E-state index < -0.39 is 22.5 Å². The molecule has 0 amide bonds. The summed E-state index contributed by atoms with van der Waals surface area (Å²) in [4.78, 5) is 0. The van der Waals surface area contributed by atoms with Gasteiger partial charge in [-0.2, -0.15) is 13.2 Å². The van der Waals surface area contributed by atoms with E-state index in [2.05, 4.69) is 0 Å². The van der Waals surface area contributed by atoms with Crippen molar-refractivity contribution in [2.45, 2.75) is 6.18 Å². The van der Waals surface area contributed by atoms with Crippen LogP contribution in [0.4, 0.5) is 13.2 Å². The van der Waals surface area contributed by atoms with Crippen LogP contribution < -0.4 is 34.7 Å². The first kappa shape index (κ1) is 13.1. The van der Waals surface area contributed by atoms with Gasteiger partial charge in [-0.1, -0.05) is 29.5 Å². The van der Waals surface area contributed by atoms with Gasteiger partial charge in [0.2, 0.25) is 0 Å². The van der Waals surface area contributed by atoms with Crippen LogP contribution in [0, 0.1) is 0 Å². The van der Waals surface area contributed by atoms with Crippen LogP contribution in [0.25, 0.3) is 0 Å². The van der Waals surface area contributed by atoms with Gasteiger partial charge in [0.1, 0.15) is 0 Å². The summed E-state index contributed by atoms with van der Waals surface area (Å²) in [5, 5.41) is 10.2. The molecule has 0 saturated carbocycles. The molecule has 13 heavy (non-hydrogen) atoms. The van der Waals surface area contributed by atoms with Gasteiger partial charge in [0.25, 0.3) is 0 Å². The van der Waals surface area contributed by atoms with E-state index in [1.165, 1.54) is 0 Å². The summed E-state index contributed by atoms with van der Waals surface area (Å²) in [6.45, 7) is 0. The summed E-state index contributed by atoms with van der Waals surface area (Å²) in [5.41, 5.74) is -0.910. The quantitative estimate of drug-likeness (QED) is 0.535. The second-order valence-electron chi connectivity index (χ2n) is 2.14. The van der Waals surface area contributed by atoms with Crippen molar-refractivity contribution in [3.8, 4) is 5.75 Å². The molecule has 0 saturated heterocycles. The average molecular weight is 219 g/mol.